The van der Waals surface area contributed by atoms with E-state index in [-0.39, 0.29) is 5.91 Å². The third kappa shape index (κ3) is 7.14. The van der Waals surface area contributed by atoms with Crippen molar-refractivity contribution in [1.82, 2.24) is 5.32 Å². The fourth-order valence-electron chi connectivity index (χ4n) is 1.72. The average molecular weight is 300 g/mol. The second kappa shape index (κ2) is 8.59. The Morgan fingerprint density at radius 2 is 2.00 bits per heavy atom. The van der Waals surface area contributed by atoms with Crippen molar-refractivity contribution in [3.05, 3.63) is 34.9 Å². The third-order valence-electron chi connectivity index (χ3n) is 2.65. The molecule has 1 amide bonds. The number of hydrogen-bond donors (Lipinski definition) is 2. The number of carbonyl (C=O) groups excluding carboxylic acids is 1. The molecular weight excluding hydrogens is 278 g/mol. The van der Waals surface area contributed by atoms with E-state index in [9.17, 15) is 9.59 Å². The Balaban J connectivity index is 0.000000388. The topological polar surface area (TPSA) is 66.4 Å². The first-order valence-electron chi connectivity index (χ1n) is 6.45. The van der Waals surface area contributed by atoms with E-state index in [1.807, 2.05) is 38.1 Å². The van der Waals surface area contributed by atoms with Crippen LogP contribution in [0, 0.1) is 6.92 Å². The number of carboxylic acids is 1. The Morgan fingerprint density at radius 1 is 1.40 bits per heavy atom. The third-order valence-corrected chi connectivity index (χ3v) is 2.89. The summed E-state index contributed by atoms with van der Waals surface area (Å²) in [7, 11) is 0. The summed E-state index contributed by atoms with van der Waals surface area (Å²) in [6, 6.07) is 7.76. The summed E-state index contributed by atoms with van der Waals surface area (Å²) in [5, 5.41) is 12.0. The maximum atomic E-state index is 10.7. The molecule has 1 rings (SSSR count). The first kappa shape index (κ1) is 18.4. The van der Waals surface area contributed by atoms with Crippen molar-refractivity contribution in [2.45, 2.75) is 46.1 Å². The Labute approximate surface area is 125 Å². The van der Waals surface area contributed by atoms with E-state index >= 15 is 0 Å². The molecule has 0 spiro atoms. The van der Waals surface area contributed by atoms with Crippen LogP contribution in [0.25, 0.3) is 0 Å². The quantitative estimate of drug-likeness (QED) is 0.895. The zero-order chi connectivity index (χ0) is 15.8. The molecule has 0 fully saturated rings. The summed E-state index contributed by atoms with van der Waals surface area (Å²) in [6.07, 6.45) is 1.17. The first-order chi connectivity index (χ1) is 9.21. The van der Waals surface area contributed by atoms with Crippen LogP contribution in [0.5, 0.6) is 0 Å². The largest absolute Gasteiger partial charge is 0.480 e. The van der Waals surface area contributed by atoms with Gasteiger partial charge in [-0.25, -0.2) is 4.79 Å². The van der Waals surface area contributed by atoms with Crippen molar-refractivity contribution < 1.29 is 14.7 Å². The van der Waals surface area contributed by atoms with Crippen LogP contribution in [0.4, 0.5) is 0 Å². The SMILES string of the molecule is CCCC(C)(NC(C)=O)C(=O)O.Cc1cccc(Cl)c1. The van der Waals surface area contributed by atoms with Gasteiger partial charge < -0.3 is 10.4 Å². The molecule has 20 heavy (non-hydrogen) atoms. The maximum Gasteiger partial charge on any atom is 0.329 e. The van der Waals surface area contributed by atoms with E-state index in [0.717, 1.165) is 11.4 Å². The second-order valence-corrected chi connectivity index (χ2v) is 5.30. The number of halogens is 1. The first-order valence-corrected chi connectivity index (χ1v) is 6.83. The van der Waals surface area contributed by atoms with E-state index in [2.05, 4.69) is 5.32 Å². The smallest absolute Gasteiger partial charge is 0.329 e. The van der Waals surface area contributed by atoms with Crippen LogP contribution in [0.1, 0.15) is 39.2 Å². The maximum absolute atomic E-state index is 10.7. The highest BCUT2D eigenvalue weighted by atomic mass is 35.5. The van der Waals surface area contributed by atoms with Crippen molar-refractivity contribution in [3.63, 3.8) is 0 Å². The van der Waals surface area contributed by atoms with Crippen LogP contribution in [-0.2, 0) is 9.59 Å². The van der Waals surface area contributed by atoms with Gasteiger partial charge >= 0.3 is 5.97 Å². The minimum Gasteiger partial charge on any atom is -0.480 e. The van der Waals surface area contributed by atoms with Gasteiger partial charge in [-0.15, -0.1) is 0 Å². The monoisotopic (exact) mass is 299 g/mol. The second-order valence-electron chi connectivity index (χ2n) is 4.87. The summed E-state index contributed by atoms with van der Waals surface area (Å²) < 4.78 is 0. The molecule has 0 heterocycles. The molecule has 0 bridgehead atoms. The summed E-state index contributed by atoms with van der Waals surface area (Å²) >= 11 is 5.64. The van der Waals surface area contributed by atoms with Gasteiger partial charge in [-0.2, -0.15) is 0 Å². The highest BCUT2D eigenvalue weighted by Gasteiger charge is 2.32. The number of nitrogens with one attached hydrogen (secondary N) is 1. The highest BCUT2D eigenvalue weighted by Crippen LogP contribution is 2.12. The molecule has 0 aliphatic carbocycles. The Kier molecular flexibility index (Phi) is 7.92. The molecule has 112 valence electrons. The van der Waals surface area contributed by atoms with Crippen LogP contribution < -0.4 is 5.32 Å². The number of aliphatic carboxylic acids is 1. The zero-order valence-corrected chi connectivity index (χ0v) is 13.1. The van der Waals surface area contributed by atoms with Crippen molar-refractivity contribution in [3.8, 4) is 0 Å². The van der Waals surface area contributed by atoms with Gasteiger partial charge in [0.2, 0.25) is 5.91 Å². The van der Waals surface area contributed by atoms with Gasteiger partial charge in [0.25, 0.3) is 0 Å². The van der Waals surface area contributed by atoms with Gasteiger partial charge in [0.1, 0.15) is 5.54 Å². The molecule has 4 nitrogen and oxygen atoms in total. The predicted octanol–water partition coefficient (Wildman–Crippen LogP) is 3.41. The van der Waals surface area contributed by atoms with Gasteiger partial charge in [0.15, 0.2) is 0 Å². The number of hydrogen-bond acceptors (Lipinski definition) is 2. The summed E-state index contributed by atoms with van der Waals surface area (Å²) in [4.78, 5) is 21.4. The molecule has 1 atom stereocenters. The van der Waals surface area contributed by atoms with Crippen molar-refractivity contribution in [2.24, 2.45) is 0 Å². The van der Waals surface area contributed by atoms with E-state index in [0.29, 0.717) is 6.42 Å². The molecular formula is C15H22ClNO3. The van der Waals surface area contributed by atoms with Gasteiger partial charge in [-0.05, 0) is 38.0 Å². The Hall–Kier alpha value is -1.55. The highest BCUT2D eigenvalue weighted by molar-refractivity contribution is 6.30. The zero-order valence-electron chi connectivity index (χ0n) is 12.4. The van der Waals surface area contributed by atoms with Crippen molar-refractivity contribution in [2.75, 3.05) is 0 Å². The van der Waals surface area contributed by atoms with E-state index in [1.54, 1.807) is 0 Å². The van der Waals surface area contributed by atoms with Gasteiger partial charge in [0.05, 0.1) is 0 Å². The minimum atomic E-state index is -1.11. The van der Waals surface area contributed by atoms with E-state index in [4.69, 9.17) is 16.7 Å². The van der Waals surface area contributed by atoms with E-state index in [1.165, 1.54) is 19.4 Å². The molecule has 5 heteroatoms. The Morgan fingerprint density at radius 3 is 2.30 bits per heavy atom. The fourth-order valence-corrected chi connectivity index (χ4v) is 1.96. The normalized spacial score (nSPS) is 12.7. The van der Waals surface area contributed by atoms with Gasteiger partial charge in [-0.1, -0.05) is 37.1 Å². The minimum absolute atomic E-state index is 0.312. The standard InChI is InChI=1S/C8H15NO3.C7H7Cl/c1-4-5-8(3,7(11)12)9-6(2)10;1-6-3-2-4-7(8)5-6/h4-5H2,1-3H3,(H,9,10)(H,11,12);2-5H,1H3. The summed E-state index contributed by atoms with van der Waals surface area (Å²) in [6.45, 7) is 6.73. The van der Waals surface area contributed by atoms with Gasteiger partial charge in [0, 0.05) is 11.9 Å². The Bertz CT molecular complexity index is 445. The van der Waals surface area contributed by atoms with Crippen LogP contribution in [0.2, 0.25) is 5.02 Å². The number of rotatable bonds is 4. The average Bonchev–Trinajstić information content (AvgIpc) is 2.28. The lowest BCUT2D eigenvalue weighted by atomic mass is 9.96. The molecule has 0 radical (unpaired) electrons. The molecule has 1 aromatic rings. The summed E-state index contributed by atoms with van der Waals surface area (Å²) in [5.41, 5.74) is 0.0955. The van der Waals surface area contributed by atoms with Crippen LogP contribution in [0.15, 0.2) is 24.3 Å². The number of carboxylic acid groups (broad SMARTS) is 1. The van der Waals surface area contributed by atoms with Crippen LogP contribution in [-0.4, -0.2) is 22.5 Å². The number of amides is 1. The lowest BCUT2D eigenvalue weighted by Crippen LogP contribution is -2.51. The molecule has 0 saturated heterocycles. The number of carbonyl (C=O) groups is 2. The lowest BCUT2D eigenvalue weighted by molar-refractivity contribution is -0.146. The van der Waals surface area contributed by atoms with Crippen molar-refractivity contribution in [1.29, 1.82) is 0 Å². The molecule has 0 aromatic heterocycles. The molecule has 2 N–H and O–H groups in total. The van der Waals surface area contributed by atoms with Gasteiger partial charge in [-0.3, -0.25) is 4.79 Å². The van der Waals surface area contributed by atoms with E-state index < -0.39 is 11.5 Å². The van der Waals surface area contributed by atoms with Crippen molar-refractivity contribution >= 4 is 23.5 Å². The van der Waals surface area contributed by atoms with Crippen LogP contribution >= 0.6 is 11.6 Å². The summed E-state index contributed by atoms with van der Waals surface area (Å²) in [5.74, 6) is -1.30. The van der Waals surface area contributed by atoms with Crippen LogP contribution in [0.3, 0.4) is 0 Å². The molecule has 1 unspecified atom stereocenters. The lowest BCUT2D eigenvalue weighted by Gasteiger charge is -2.24. The fraction of sp³-hybridized carbons (Fsp3) is 0.467. The molecule has 0 aliphatic rings. The number of benzene rings is 1. The molecule has 0 saturated carbocycles. The molecule has 0 aliphatic heterocycles. The predicted molar refractivity (Wildman–Crippen MR) is 81.0 cm³/mol. The number of aryl methyl sites for hydroxylation is 1. The molecule has 1 aromatic carbocycles.